The number of anilines is 1. The predicted octanol–water partition coefficient (Wildman–Crippen LogP) is 1.94. The molecular weight excluding hydrogens is 176 g/mol. The molecule has 0 fully saturated rings. The zero-order chi connectivity index (χ0) is 10.9. The first-order chi connectivity index (χ1) is 6.43. The largest absolute Gasteiger partial charge is 0.505 e. The number of phenols is 1. The Bertz CT molecular complexity index is 334. The van der Waals surface area contributed by atoms with E-state index in [1.807, 2.05) is 26.8 Å². The van der Waals surface area contributed by atoms with E-state index in [-0.39, 0.29) is 17.7 Å². The number of phenolic OH excluding ortho intramolecular Hbond substituents is 1. The van der Waals surface area contributed by atoms with Crippen molar-refractivity contribution in [1.29, 1.82) is 0 Å². The van der Waals surface area contributed by atoms with Gasteiger partial charge in [-0.15, -0.1) is 0 Å². The van der Waals surface area contributed by atoms with Crippen LogP contribution in [0.4, 0.5) is 5.69 Å². The Morgan fingerprint density at radius 1 is 1.29 bits per heavy atom. The zero-order valence-corrected chi connectivity index (χ0v) is 8.91. The highest BCUT2D eigenvalue weighted by atomic mass is 16.3. The molecule has 1 rings (SSSR count). The third kappa shape index (κ3) is 1.99. The van der Waals surface area contributed by atoms with Crippen molar-refractivity contribution in [3.63, 3.8) is 0 Å². The van der Waals surface area contributed by atoms with Gasteiger partial charge in [0.2, 0.25) is 0 Å². The lowest BCUT2D eigenvalue weighted by Gasteiger charge is -2.18. The zero-order valence-electron chi connectivity index (χ0n) is 8.91. The molecule has 0 spiro atoms. The molecule has 1 atom stereocenters. The molecule has 0 aliphatic heterocycles. The summed E-state index contributed by atoms with van der Waals surface area (Å²) in [5, 5.41) is 9.74. The van der Waals surface area contributed by atoms with Gasteiger partial charge in [0.25, 0.3) is 0 Å². The number of aromatic hydroxyl groups is 1. The summed E-state index contributed by atoms with van der Waals surface area (Å²) in [5.74, 6) is 0.402. The molecule has 78 valence electrons. The van der Waals surface area contributed by atoms with E-state index < -0.39 is 0 Å². The molecule has 0 bridgehead atoms. The molecular formula is C11H18N2O. The maximum atomic E-state index is 9.74. The normalized spacial score (nSPS) is 13.2. The average Bonchev–Trinajstić information content (AvgIpc) is 2.09. The summed E-state index contributed by atoms with van der Waals surface area (Å²) >= 11 is 0. The summed E-state index contributed by atoms with van der Waals surface area (Å²) in [6, 6.07) is 3.46. The molecule has 0 saturated heterocycles. The van der Waals surface area contributed by atoms with Crippen LogP contribution < -0.4 is 11.5 Å². The minimum atomic E-state index is -0.169. The summed E-state index contributed by atoms with van der Waals surface area (Å²) in [5.41, 5.74) is 13.8. The van der Waals surface area contributed by atoms with E-state index in [9.17, 15) is 5.11 Å². The first-order valence-electron chi connectivity index (χ1n) is 4.78. The molecule has 3 heteroatoms. The van der Waals surface area contributed by atoms with Crippen molar-refractivity contribution in [1.82, 2.24) is 0 Å². The molecule has 1 aromatic rings. The lowest BCUT2D eigenvalue weighted by atomic mass is 9.94. The van der Waals surface area contributed by atoms with E-state index in [0.717, 1.165) is 11.1 Å². The van der Waals surface area contributed by atoms with Gasteiger partial charge in [0.1, 0.15) is 5.75 Å². The van der Waals surface area contributed by atoms with Gasteiger partial charge in [-0.25, -0.2) is 0 Å². The minimum Gasteiger partial charge on any atom is -0.505 e. The topological polar surface area (TPSA) is 72.3 Å². The molecule has 0 amide bonds. The first-order valence-corrected chi connectivity index (χ1v) is 4.78. The summed E-state index contributed by atoms with van der Waals surface area (Å²) in [6.07, 6.45) is 0. The van der Waals surface area contributed by atoms with E-state index >= 15 is 0 Å². The lowest BCUT2D eigenvalue weighted by Crippen LogP contribution is -2.17. The van der Waals surface area contributed by atoms with Crippen LogP contribution in [0.3, 0.4) is 0 Å². The average molecular weight is 194 g/mol. The van der Waals surface area contributed by atoms with Crippen molar-refractivity contribution in [2.75, 3.05) is 5.73 Å². The number of nitrogens with two attached hydrogens (primary N) is 2. The fraction of sp³-hybridized carbons (Fsp3) is 0.455. The fourth-order valence-corrected chi connectivity index (χ4v) is 1.45. The summed E-state index contributed by atoms with van der Waals surface area (Å²) in [7, 11) is 0. The number of nitrogen functional groups attached to an aromatic ring is 1. The van der Waals surface area contributed by atoms with Crippen molar-refractivity contribution in [3.05, 3.63) is 23.3 Å². The summed E-state index contributed by atoms with van der Waals surface area (Å²) in [6.45, 7) is 5.97. The summed E-state index contributed by atoms with van der Waals surface area (Å²) in [4.78, 5) is 0. The van der Waals surface area contributed by atoms with Crippen LogP contribution >= 0.6 is 0 Å². The van der Waals surface area contributed by atoms with E-state index in [0.29, 0.717) is 5.69 Å². The van der Waals surface area contributed by atoms with Crippen LogP contribution in [0.5, 0.6) is 5.75 Å². The van der Waals surface area contributed by atoms with E-state index in [4.69, 9.17) is 11.5 Å². The van der Waals surface area contributed by atoms with Gasteiger partial charge in [-0.1, -0.05) is 19.9 Å². The Morgan fingerprint density at radius 2 is 1.86 bits per heavy atom. The van der Waals surface area contributed by atoms with Crippen LogP contribution in [0.15, 0.2) is 12.1 Å². The Kier molecular flexibility index (Phi) is 3.01. The summed E-state index contributed by atoms with van der Waals surface area (Å²) < 4.78 is 0. The molecule has 0 radical (unpaired) electrons. The van der Waals surface area contributed by atoms with Gasteiger partial charge < -0.3 is 16.6 Å². The van der Waals surface area contributed by atoms with Gasteiger partial charge >= 0.3 is 0 Å². The van der Waals surface area contributed by atoms with Crippen molar-refractivity contribution >= 4 is 5.69 Å². The quantitative estimate of drug-likeness (QED) is 0.497. The van der Waals surface area contributed by atoms with Crippen LogP contribution in [0.25, 0.3) is 0 Å². The number of hydrogen-bond donors (Lipinski definition) is 3. The number of benzene rings is 1. The van der Waals surface area contributed by atoms with Gasteiger partial charge in [0.15, 0.2) is 0 Å². The lowest BCUT2D eigenvalue weighted by molar-refractivity contribution is 0.442. The predicted molar refractivity (Wildman–Crippen MR) is 59.0 cm³/mol. The Morgan fingerprint density at radius 3 is 2.36 bits per heavy atom. The third-order valence-corrected chi connectivity index (χ3v) is 2.39. The highest BCUT2D eigenvalue weighted by Gasteiger charge is 2.16. The van der Waals surface area contributed by atoms with Gasteiger partial charge in [-0.05, 0) is 24.5 Å². The highest BCUT2D eigenvalue weighted by Crippen LogP contribution is 2.33. The van der Waals surface area contributed by atoms with Crippen molar-refractivity contribution in [2.45, 2.75) is 26.8 Å². The van der Waals surface area contributed by atoms with Gasteiger partial charge in [-0.2, -0.15) is 0 Å². The number of hydrogen-bond acceptors (Lipinski definition) is 3. The molecule has 0 heterocycles. The standard InChI is InChI=1S/C11H18N2O/c1-6(2)10(13)8-4-7(3)5-9(12)11(8)14/h4-6,10,14H,12-13H2,1-3H3/t10-/m1/s1. The molecule has 1 aromatic carbocycles. The molecule has 5 N–H and O–H groups in total. The van der Waals surface area contributed by atoms with E-state index in [2.05, 4.69) is 0 Å². The highest BCUT2D eigenvalue weighted by molar-refractivity contribution is 5.58. The van der Waals surface area contributed by atoms with Gasteiger partial charge in [-0.3, -0.25) is 0 Å². The van der Waals surface area contributed by atoms with Crippen LogP contribution in [0.2, 0.25) is 0 Å². The Balaban J connectivity index is 3.20. The number of aryl methyl sites for hydroxylation is 1. The second kappa shape index (κ2) is 3.88. The van der Waals surface area contributed by atoms with Crippen molar-refractivity contribution in [3.8, 4) is 5.75 Å². The molecule has 14 heavy (non-hydrogen) atoms. The van der Waals surface area contributed by atoms with Crippen LogP contribution in [0.1, 0.15) is 31.0 Å². The maximum Gasteiger partial charge on any atom is 0.143 e. The van der Waals surface area contributed by atoms with Crippen LogP contribution in [-0.2, 0) is 0 Å². The molecule has 0 unspecified atom stereocenters. The smallest absolute Gasteiger partial charge is 0.143 e. The molecule has 0 aliphatic carbocycles. The first kappa shape index (κ1) is 10.9. The van der Waals surface area contributed by atoms with Crippen molar-refractivity contribution in [2.24, 2.45) is 11.7 Å². The minimum absolute atomic E-state index is 0.122. The second-order valence-corrected chi connectivity index (χ2v) is 4.06. The maximum absolute atomic E-state index is 9.74. The Labute approximate surface area is 84.7 Å². The Hall–Kier alpha value is -1.22. The molecule has 0 aliphatic rings. The van der Waals surface area contributed by atoms with Crippen LogP contribution in [-0.4, -0.2) is 5.11 Å². The molecule has 0 saturated carbocycles. The second-order valence-electron chi connectivity index (χ2n) is 4.06. The van der Waals surface area contributed by atoms with Crippen molar-refractivity contribution < 1.29 is 5.11 Å². The van der Waals surface area contributed by atoms with Crippen LogP contribution in [0, 0.1) is 12.8 Å². The number of rotatable bonds is 2. The SMILES string of the molecule is Cc1cc(N)c(O)c([C@H](N)C(C)C)c1. The van der Waals surface area contributed by atoms with Gasteiger partial charge in [0, 0.05) is 11.6 Å². The fourth-order valence-electron chi connectivity index (χ4n) is 1.45. The third-order valence-electron chi connectivity index (χ3n) is 2.39. The molecule has 3 nitrogen and oxygen atoms in total. The monoisotopic (exact) mass is 194 g/mol. The van der Waals surface area contributed by atoms with Gasteiger partial charge in [0.05, 0.1) is 5.69 Å². The van der Waals surface area contributed by atoms with E-state index in [1.165, 1.54) is 0 Å². The van der Waals surface area contributed by atoms with E-state index in [1.54, 1.807) is 6.07 Å². The molecule has 0 aromatic heterocycles.